The van der Waals surface area contributed by atoms with E-state index in [-0.39, 0.29) is 38.6 Å². The number of rotatable bonds is 4. The van der Waals surface area contributed by atoms with Crippen molar-refractivity contribution >= 4 is 23.1 Å². The fourth-order valence-electron chi connectivity index (χ4n) is 1.49. The standard InChI is InChI=1S/C9H12O4.Tb/c1-5(10)9(6(2)11,7(3)12)8(4)13;/h1-4H3;. The molecule has 14 heavy (non-hydrogen) atoms. The first-order valence-corrected chi connectivity index (χ1v) is 3.82. The molecule has 0 heterocycles. The van der Waals surface area contributed by atoms with Crippen LogP contribution >= 0.6 is 0 Å². The second-order valence-corrected chi connectivity index (χ2v) is 2.97. The number of carbonyl (C=O) groups excluding carboxylic acids is 4. The van der Waals surface area contributed by atoms with E-state index in [1.807, 2.05) is 0 Å². The van der Waals surface area contributed by atoms with Crippen LogP contribution in [0.25, 0.3) is 0 Å². The molecule has 1 radical (unpaired) electrons. The largest absolute Gasteiger partial charge is 0.298 e. The van der Waals surface area contributed by atoms with E-state index in [0.717, 1.165) is 27.7 Å². The first-order valence-electron chi connectivity index (χ1n) is 3.82. The van der Waals surface area contributed by atoms with Gasteiger partial charge in [0.2, 0.25) is 5.41 Å². The number of hydrogen-bond donors (Lipinski definition) is 0. The van der Waals surface area contributed by atoms with Crippen molar-refractivity contribution in [3.63, 3.8) is 0 Å². The Balaban J connectivity index is 0. The molecule has 0 N–H and O–H groups in total. The van der Waals surface area contributed by atoms with Gasteiger partial charge in [-0.3, -0.25) is 19.2 Å². The smallest absolute Gasteiger partial charge is 0.202 e. The Morgan fingerprint density at radius 1 is 0.643 bits per heavy atom. The Morgan fingerprint density at radius 3 is 0.786 bits per heavy atom. The number of hydrogen-bond acceptors (Lipinski definition) is 4. The zero-order valence-corrected chi connectivity index (χ0v) is 10.6. The van der Waals surface area contributed by atoms with Crippen LogP contribution in [-0.2, 0) is 19.2 Å². The van der Waals surface area contributed by atoms with Crippen molar-refractivity contribution in [3.8, 4) is 0 Å². The van der Waals surface area contributed by atoms with Crippen LogP contribution in [0.1, 0.15) is 27.7 Å². The summed E-state index contributed by atoms with van der Waals surface area (Å²) in [4.78, 5) is 44.5. The molecule has 0 amide bonds. The molecule has 0 aromatic rings. The quantitative estimate of drug-likeness (QED) is 0.690. The average Bonchev–Trinajstić information content (AvgIpc) is 1.82. The van der Waals surface area contributed by atoms with Gasteiger partial charge in [-0.05, 0) is 27.7 Å². The van der Waals surface area contributed by atoms with Crippen LogP contribution < -0.4 is 0 Å². The summed E-state index contributed by atoms with van der Waals surface area (Å²) in [5.41, 5.74) is -2.06. The Labute approximate surface area is 113 Å². The molecule has 0 rings (SSSR count). The van der Waals surface area contributed by atoms with Crippen LogP contribution in [0.15, 0.2) is 0 Å². The number of carbonyl (C=O) groups is 4. The summed E-state index contributed by atoms with van der Waals surface area (Å²) in [5.74, 6) is -2.83. The molecule has 0 unspecified atom stereocenters. The van der Waals surface area contributed by atoms with Gasteiger partial charge in [-0.15, -0.1) is 0 Å². The molecule has 81 valence electrons. The van der Waals surface area contributed by atoms with Gasteiger partial charge in [-0.1, -0.05) is 0 Å². The summed E-state index contributed by atoms with van der Waals surface area (Å²) in [7, 11) is 0. The third-order valence-corrected chi connectivity index (χ3v) is 2.11. The van der Waals surface area contributed by atoms with Gasteiger partial charge in [-0.2, -0.15) is 0 Å². The Hall–Kier alpha value is -0.0343. The summed E-state index contributed by atoms with van der Waals surface area (Å²) < 4.78 is 0. The minimum absolute atomic E-state index is 0. The average molecular weight is 343 g/mol. The zero-order valence-electron chi connectivity index (χ0n) is 8.47. The van der Waals surface area contributed by atoms with Gasteiger partial charge < -0.3 is 0 Å². The molecule has 0 saturated carbocycles. The third-order valence-electron chi connectivity index (χ3n) is 2.11. The molecule has 0 aromatic heterocycles. The van der Waals surface area contributed by atoms with Crippen molar-refractivity contribution in [1.29, 1.82) is 0 Å². The summed E-state index contributed by atoms with van der Waals surface area (Å²) >= 11 is 0. The molecule has 0 aliphatic heterocycles. The minimum Gasteiger partial charge on any atom is -0.298 e. The van der Waals surface area contributed by atoms with E-state index in [4.69, 9.17) is 0 Å². The minimum atomic E-state index is -2.06. The molecule has 0 bridgehead atoms. The molecular formula is C9H12O4Tb. The molecule has 4 nitrogen and oxygen atoms in total. The van der Waals surface area contributed by atoms with Crippen LogP contribution in [0.2, 0.25) is 0 Å². The molecule has 0 aliphatic carbocycles. The van der Waals surface area contributed by atoms with Gasteiger partial charge in [0.15, 0.2) is 23.1 Å². The van der Waals surface area contributed by atoms with Crippen LogP contribution in [0.3, 0.4) is 0 Å². The topological polar surface area (TPSA) is 68.3 Å². The normalized spacial score (nSPS) is 10.0. The molecule has 0 aromatic carbocycles. The Bertz CT molecular complexity index is 232. The van der Waals surface area contributed by atoms with Crippen molar-refractivity contribution < 1.29 is 57.8 Å². The summed E-state index contributed by atoms with van der Waals surface area (Å²) in [6.45, 7) is 4.29. The Kier molecular flexibility index (Phi) is 6.74. The van der Waals surface area contributed by atoms with Crippen molar-refractivity contribution in [1.82, 2.24) is 0 Å². The van der Waals surface area contributed by atoms with E-state index in [2.05, 4.69) is 0 Å². The third kappa shape index (κ3) is 2.51. The maximum absolute atomic E-state index is 11.1. The van der Waals surface area contributed by atoms with E-state index in [9.17, 15) is 19.2 Å². The van der Waals surface area contributed by atoms with E-state index in [1.54, 1.807) is 0 Å². The fraction of sp³-hybridized carbons (Fsp3) is 0.556. The maximum Gasteiger partial charge on any atom is 0.202 e. The van der Waals surface area contributed by atoms with Gasteiger partial charge in [0.05, 0.1) is 0 Å². The van der Waals surface area contributed by atoms with Gasteiger partial charge in [0, 0.05) is 38.6 Å². The van der Waals surface area contributed by atoms with Crippen molar-refractivity contribution in [2.75, 3.05) is 0 Å². The molecule has 0 spiro atoms. The van der Waals surface area contributed by atoms with Crippen molar-refractivity contribution in [3.05, 3.63) is 0 Å². The second-order valence-electron chi connectivity index (χ2n) is 2.97. The van der Waals surface area contributed by atoms with E-state index < -0.39 is 28.5 Å². The number of Topliss-reactive ketones (excluding diaryl/α,β-unsaturated/α-hetero) is 4. The van der Waals surface area contributed by atoms with Gasteiger partial charge >= 0.3 is 0 Å². The van der Waals surface area contributed by atoms with Gasteiger partial charge in [-0.25, -0.2) is 0 Å². The molecule has 0 saturated heterocycles. The zero-order chi connectivity index (χ0) is 10.8. The van der Waals surface area contributed by atoms with Crippen molar-refractivity contribution in [2.24, 2.45) is 5.41 Å². The fourth-order valence-corrected chi connectivity index (χ4v) is 1.49. The molecule has 0 aliphatic rings. The molecular weight excluding hydrogens is 331 g/mol. The summed E-state index contributed by atoms with van der Waals surface area (Å²) in [6, 6.07) is 0. The van der Waals surface area contributed by atoms with Gasteiger partial charge in [0.1, 0.15) is 0 Å². The van der Waals surface area contributed by atoms with Gasteiger partial charge in [0.25, 0.3) is 0 Å². The van der Waals surface area contributed by atoms with E-state index >= 15 is 0 Å². The van der Waals surface area contributed by atoms with Crippen molar-refractivity contribution in [2.45, 2.75) is 27.7 Å². The predicted molar refractivity (Wildman–Crippen MR) is 45.2 cm³/mol. The first-order chi connectivity index (χ1) is 5.77. The first kappa shape index (κ1) is 16.4. The molecule has 0 atom stereocenters. The summed E-state index contributed by atoms with van der Waals surface area (Å²) in [5, 5.41) is 0. The van der Waals surface area contributed by atoms with E-state index in [1.165, 1.54) is 0 Å². The maximum atomic E-state index is 11.1. The summed E-state index contributed by atoms with van der Waals surface area (Å²) in [6.07, 6.45) is 0. The van der Waals surface area contributed by atoms with Crippen LogP contribution in [0.5, 0.6) is 0 Å². The van der Waals surface area contributed by atoms with E-state index in [0.29, 0.717) is 0 Å². The predicted octanol–water partition coefficient (Wildman–Crippen LogP) is 0.329. The van der Waals surface area contributed by atoms with Crippen LogP contribution in [0, 0.1) is 44.0 Å². The molecule has 0 fully saturated rings. The van der Waals surface area contributed by atoms with Crippen LogP contribution in [0.4, 0.5) is 0 Å². The monoisotopic (exact) mass is 343 g/mol. The van der Waals surface area contributed by atoms with Crippen LogP contribution in [-0.4, -0.2) is 23.1 Å². The SMILES string of the molecule is CC(=O)C(C(C)=O)(C(C)=O)C(C)=O.[Tb]. The number of ketones is 4. The molecule has 5 heteroatoms. The second kappa shape index (κ2) is 5.75. The Morgan fingerprint density at radius 2 is 0.786 bits per heavy atom.